The fourth-order valence-corrected chi connectivity index (χ4v) is 3.13. The molecule has 3 N–H and O–H groups in total. The molecule has 0 fully saturated rings. The smallest absolute Gasteiger partial charge is 0.272 e. The molecule has 2 heterocycles. The van der Waals surface area contributed by atoms with Crippen molar-refractivity contribution in [1.29, 1.82) is 0 Å². The van der Waals surface area contributed by atoms with Crippen LogP contribution in [0.25, 0.3) is 11.3 Å². The minimum absolute atomic E-state index is 0.185. The zero-order chi connectivity index (χ0) is 18.0. The van der Waals surface area contributed by atoms with E-state index in [9.17, 15) is 9.59 Å². The summed E-state index contributed by atoms with van der Waals surface area (Å²) in [6.07, 6.45) is 1.76. The Morgan fingerprint density at radius 2 is 2.00 bits per heavy atom. The fourth-order valence-electron chi connectivity index (χ4n) is 2.51. The van der Waals surface area contributed by atoms with Crippen LogP contribution in [0.15, 0.2) is 35.8 Å². The molecule has 25 heavy (non-hydrogen) atoms. The molecule has 3 aromatic rings. The van der Waals surface area contributed by atoms with E-state index in [1.54, 1.807) is 55.8 Å². The van der Waals surface area contributed by atoms with Gasteiger partial charge in [-0.05, 0) is 37.6 Å². The Labute approximate surface area is 149 Å². The molecular weight excluding hydrogens is 336 g/mol. The Balaban J connectivity index is 1.81. The normalized spacial score (nSPS) is 10.5. The lowest BCUT2D eigenvalue weighted by Crippen LogP contribution is -2.20. The number of H-pyrrole nitrogens is 1. The highest BCUT2D eigenvalue weighted by Gasteiger charge is 2.15. The first-order chi connectivity index (χ1) is 12.0. The van der Waals surface area contributed by atoms with Crippen LogP contribution in [-0.4, -0.2) is 28.8 Å². The van der Waals surface area contributed by atoms with Crippen LogP contribution in [0.4, 0.5) is 5.69 Å². The van der Waals surface area contributed by atoms with E-state index >= 15 is 0 Å². The van der Waals surface area contributed by atoms with Crippen LogP contribution in [-0.2, 0) is 0 Å². The fraction of sp³-hybridized carbons (Fsp3) is 0.167. The van der Waals surface area contributed by atoms with E-state index in [1.165, 1.54) is 0 Å². The van der Waals surface area contributed by atoms with Gasteiger partial charge in [0.2, 0.25) is 0 Å². The molecule has 128 valence electrons. The summed E-state index contributed by atoms with van der Waals surface area (Å²) in [5, 5.41) is 8.37. The number of carbonyl (C=O) groups excluding carboxylic acids is 2. The van der Waals surface area contributed by atoms with E-state index in [0.717, 1.165) is 21.8 Å². The maximum absolute atomic E-state index is 12.5. The van der Waals surface area contributed by atoms with E-state index in [-0.39, 0.29) is 11.8 Å². The summed E-state index contributed by atoms with van der Waals surface area (Å²) in [6.45, 7) is 3.75. The molecular formula is C18H18N4O2S. The molecule has 1 aromatic carbocycles. The molecule has 3 rings (SSSR count). The van der Waals surface area contributed by atoms with Gasteiger partial charge >= 0.3 is 0 Å². The van der Waals surface area contributed by atoms with Gasteiger partial charge in [-0.2, -0.15) is 0 Å². The van der Waals surface area contributed by atoms with Crippen molar-refractivity contribution < 1.29 is 9.59 Å². The molecule has 0 aliphatic carbocycles. The second-order valence-electron chi connectivity index (χ2n) is 5.57. The molecule has 6 nitrogen and oxygen atoms in total. The SMILES string of the molecule is CNC(=O)c1cccc(NC(=O)c2cc(-c3csc(C)n3)c[nH]2)c1C. The average Bonchev–Trinajstić information content (AvgIpc) is 3.25. The van der Waals surface area contributed by atoms with Crippen molar-refractivity contribution in [3.63, 3.8) is 0 Å². The molecule has 0 unspecified atom stereocenters. The largest absolute Gasteiger partial charge is 0.357 e. The third-order valence-corrected chi connectivity index (χ3v) is 4.67. The molecule has 2 aromatic heterocycles. The van der Waals surface area contributed by atoms with Gasteiger partial charge in [-0.25, -0.2) is 4.98 Å². The molecule has 0 bridgehead atoms. The topological polar surface area (TPSA) is 86.9 Å². The van der Waals surface area contributed by atoms with Gasteiger partial charge in [-0.1, -0.05) is 6.07 Å². The first-order valence-electron chi connectivity index (χ1n) is 7.73. The standard InChI is InChI=1S/C18H18N4O2S/c1-10-13(17(23)19-3)5-4-6-14(10)22-18(24)15-7-12(8-20-15)16-9-25-11(2)21-16/h4-9,20H,1-3H3,(H,19,23)(H,22,24). The summed E-state index contributed by atoms with van der Waals surface area (Å²) in [6, 6.07) is 7.00. The van der Waals surface area contributed by atoms with Gasteiger partial charge in [0, 0.05) is 35.4 Å². The van der Waals surface area contributed by atoms with Crippen LogP contribution in [0.5, 0.6) is 0 Å². The van der Waals surface area contributed by atoms with Gasteiger partial charge in [-0.3, -0.25) is 9.59 Å². The lowest BCUT2D eigenvalue weighted by atomic mass is 10.1. The number of thiazole rings is 1. The first kappa shape index (κ1) is 16.9. The number of amides is 2. The molecule has 2 amide bonds. The number of aryl methyl sites for hydroxylation is 1. The molecule has 0 radical (unpaired) electrons. The predicted molar refractivity (Wildman–Crippen MR) is 99.2 cm³/mol. The van der Waals surface area contributed by atoms with Gasteiger partial charge in [0.25, 0.3) is 11.8 Å². The Bertz CT molecular complexity index is 942. The number of benzene rings is 1. The molecule has 7 heteroatoms. The van der Waals surface area contributed by atoms with Crippen molar-refractivity contribution in [2.75, 3.05) is 12.4 Å². The molecule has 0 aliphatic rings. The Morgan fingerprint density at radius 1 is 1.20 bits per heavy atom. The van der Waals surface area contributed by atoms with Crippen molar-refractivity contribution in [3.05, 3.63) is 57.7 Å². The maximum Gasteiger partial charge on any atom is 0.272 e. The van der Waals surface area contributed by atoms with Crippen LogP contribution in [0.1, 0.15) is 31.4 Å². The lowest BCUT2D eigenvalue weighted by molar-refractivity contribution is 0.0960. The maximum atomic E-state index is 12.5. The summed E-state index contributed by atoms with van der Waals surface area (Å²) < 4.78 is 0. The van der Waals surface area contributed by atoms with E-state index < -0.39 is 0 Å². The quantitative estimate of drug-likeness (QED) is 0.671. The van der Waals surface area contributed by atoms with Crippen molar-refractivity contribution in [1.82, 2.24) is 15.3 Å². The zero-order valence-corrected chi connectivity index (χ0v) is 15.0. The van der Waals surface area contributed by atoms with Gasteiger partial charge in [0.05, 0.1) is 10.7 Å². The second-order valence-corrected chi connectivity index (χ2v) is 6.63. The molecule has 0 saturated carbocycles. The Hall–Kier alpha value is -2.93. The zero-order valence-electron chi connectivity index (χ0n) is 14.1. The second kappa shape index (κ2) is 6.90. The number of anilines is 1. The van der Waals surface area contributed by atoms with Gasteiger partial charge in [-0.15, -0.1) is 11.3 Å². The summed E-state index contributed by atoms with van der Waals surface area (Å²) >= 11 is 1.56. The third-order valence-electron chi connectivity index (χ3n) is 3.90. The number of nitrogens with zero attached hydrogens (tertiary/aromatic N) is 1. The minimum atomic E-state index is -0.268. The number of rotatable bonds is 4. The summed E-state index contributed by atoms with van der Waals surface area (Å²) in [7, 11) is 1.58. The van der Waals surface area contributed by atoms with Crippen molar-refractivity contribution in [2.24, 2.45) is 0 Å². The highest BCUT2D eigenvalue weighted by atomic mass is 32.1. The Morgan fingerprint density at radius 3 is 2.68 bits per heavy atom. The van der Waals surface area contributed by atoms with Crippen LogP contribution in [0.2, 0.25) is 0 Å². The number of carbonyl (C=O) groups is 2. The highest BCUT2D eigenvalue weighted by molar-refractivity contribution is 7.09. The number of hydrogen-bond acceptors (Lipinski definition) is 4. The molecule has 0 spiro atoms. The summed E-state index contributed by atoms with van der Waals surface area (Å²) in [4.78, 5) is 31.8. The lowest BCUT2D eigenvalue weighted by Gasteiger charge is -2.11. The van der Waals surface area contributed by atoms with E-state index in [0.29, 0.717) is 16.9 Å². The van der Waals surface area contributed by atoms with Gasteiger partial charge < -0.3 is 15.6 Å². The summed E-state index contributed by atoms with van der Waals surface area (Å²) in [5.74, 6) is -0.454. The van der Waals surface area contributed by atoms with Crippen LogP contribution >= 0.6 is 11.3 Å². The monoisotopic (exact) mass is 354 g/mol. The highest BCUT2D eigenvalue weighted by Crippen LogP contribution is 2.23. The average molecular weight is 354 g/mol. The third kappa shape index (κ3) is 3.46. The van der Waals surface area contributed by atoms with Gasteiger partial charge in [0.1, 0.15) is 5.69 Å². The van der Waals surface area contributed by atoms with Crippen molar-refractivity contribution in [3.8, 4) is 11.3 Å². The van der Waals surface area contributed by atoms with Crippen LogP contribution < -0.4 is 10.6 Å². The number of aromatic amines is 1. The number of nitrogens with one attached hydrogen (secondary N) is 3. The van der Waals surface area contributed by atoms with E-state index in [1.807, 2.05) is 12.3 Å². The van der Waals surface area contributed by atoms with Crippen molar-refractivity contribution >= 4 is 28.8 Å². The number of aromatic nitrogens is 2. The number of hydrogen-bond donors (Lipinski definition) is 3. The molecule has 0 aliphatic heterocycles. The van der Waals surface area contributed by atoms with E-state index in [2.05, 4.69) is 20.6 Å². The molecule has 0 atom stereocenters. The minimum Gasteiger partial charge on any atom is -0.357 e. The van der Waals surface area contributed by atoms with E-state index in [4.69, 9.17) is 0 Å². The first-order valence-corrected chi connectivity index (χ1v) is 8.61. The Kier molecular flexibility index (Phi) is 4.67. The van der Waals surface area contributed by atoms with Crippen LogP contribution in [0, 0.1) is 13.8 Å². The predicted octanol–water partition coefficient (Wildman–Crippen LogP) is 3.37. The molecule has 0 saturated heterocycles. The van der Waals surface area contributed by atoms with Gasteiger partial charge in [0.15, 0.2) is 0 Å². The summed E-state index contributed by atoms with van der Waals surface area (Å²) in [5.41, 5.74) is 4.00. The van der Waals surface area contributed by atoms with Crippen molar-refractivity contribution in [2.45, 2.75) is 13.8 Å². The van der Waals surface area contributed by atoms with Crippen LogP contribution in [0.3, 0.4) is 0 Å².